The standard InChI is InChI=1S/C14H20N2OS/c1-10(2)6-7-16-13-5-4-11(17-3)8-12(13)15-14(16)9-18/h4-5,8,10,18H,6-7,9H2,1-3H3. The van der Waals surface area contributed by atoms with Crippen molar-refractivity contribution in [1.29, 1.82) is 0 Å². The molecule has 0 radical (unpaired) electrons. The highest BCUT2D eigenvalue weighted by molar-refractivity contribution is 7.79. The van der Waals surface area contributed by atoms with Gasteiger partial charge in [0.15, 0.2) is 0 Å². The Hall–Kier alpha value is -1.16. The highest BCUT2D eigenvalue weighted by Crippen LogP contribution is 2.23. The van der Waals surface area contributed by atoms with Crippen LogP contribution >= 0.6 is 12.6 Å². The van der Waals surface area contributed by atoms with Crippen molar-refractivity contribution in [3.63, 3.8) is 0 Å². The minimum absolute atomic E-state index is 0.662. The van der Waals surface area contributed by atoms with Gasteiger partial charge in [-0.1, -0.05) is 13.8 Å². The van der Waals surface area contributed by atoms with Crippen LogP contribution in [0, 0.1) is 5.92 Å². The molecule has 4 heteroatoms. The van der Waals surface area contributed by atoms with Crippen LogP contribution in [0.15, 0.2) is 18.2 Å². The van der Waals surface area contributed by atoms with E-state index in [4.69, 9.17) is 4.74 Å². The quantitative estimate of drug-likeness (QED) is 0.837. The van der Waals surface area contributed by atoms with Gasteiger partial charge in [0.05, 0.1) is 18.1 Å². The van der Waals surface area contributed by atoms with Crippen molar-refractivity contribution in [3.05, 3.63) is 24.0 Å². The Morgan fingerprint density at radius 2 is 2.17 bits per heavy atom. The van der Waals surface area contributed by atoms with Crippen molar-refractivity contribution in [2.24, 2.45) is 5.92 Å². The Bertz CT molecular complexity index is 534. The second-order valence-electron chi connectivity index (χ2n) is 4.87. The maximum atomic E-state index is 5.23. The fraction of sp³-hybridized carbons (Fsp3) is 0.500. The van der Waals surface area contributed by atoms with E-state index in [0.29, 0.717) is 11.7 Å². The van der Waals surface area contributed by atoms with Gasteiger partial charge in [0.2, 0.25) is 0 Å². The molecule has 0 spiro atoms. The van der Waals surface area contributed by atoms with Gasteiger partial charge in [0, 0.05) is 18.4 Å². The van der Waals surface area contributed by atoms with Crippen LogP contribution in [-0.2, 0) is 12.3 Å². The van der Waals surface area contributed by atoms with Crippen molar-refractivity contribution in [1.82, 2.24) is 9.55 Å². The number of fused-ring (bicyclic) bond motifs is 1. The van der Waals surface area contributed by atoms with Crippen molar-refractivity contribution >= 4 is 23.7 Å². The summed E-state index contributed by atoms with van der Waals surface area (Å²) in [6, 6.07) is 6.04. The number of hydrogen-bond acceptors (Lipinski definition) is 3. The summed E-state index contributed by atoms with van der Waals surface area (Å²) >= 11 is 4.37. The highest BCUT2D eigenvalue weighted by Gasteiger charge is 2.10. The molecule has 0 saturated carbocycles. The molecule has 0 bridgehead atoms. The molecule has 3 nitrogen and oxygen atoms in total. The van der Waals surface area contributed by atoms with Crippen molar-refractivity contribution < 1.29 is 4.74 Å². The van der Waals surface area contributed by atoms with E-state index >= 15 is 0 Å². The van der Waals surface area contributed by atoms with E-state index in [1.807, 2.05) is 12.1 Å². The first-order chi connectivity index (χ1) is 8.65. The second-order valence-corrected chi connectivity index (χ2v) is 5.19. The van der Waals surface area contributed by atoms with Gasteiger partial charge in [-0.15, -0.1) is 0 Å². The first kappa shape index (κ1) is 13.3. The van der Waals surface area contributed by atoms with Gasteiger partial charge in [0.1, 0.15) is 11.6 Å². The monoisotopic (exact) mass is 264 g/mol. The van der Waals surface area contributed by atoms with Crippen molar-refractivity contribution in [2.75, 3.05) is 7.11 Å². The smallest absolute Gasteiger partial charge is 0.121 e. The largest absolute Gasteiger partial charge is 0.497 e. The van der Waals surface area contributed by atoms with Crippen LogP contribution in [0.1, 0.15) is 26.1 Å². The Morgan fingerprint density at radius 3 is 2.78 bits per heavy atom. The fourth-order valence-corrected chi connectivity index (χ4v) is 2.29. The average molecular weight is 264 g/mol. The minimum Gasteiger partial charge on any atom is -0.497 e. The van der Waals surface area contributed by atoms with Gasteiger partial charge < -0.3 is 9.30 Å². The van der Waals surface area contributed by atoms with Gasteiger partial charge in [-0.2, -0.15) is 12.6 Å². The Labute approximate surface area is 114 Å². The Balaban J connectivity index is 2.42. The third-order valence-electron chi connectivity index (χ3n) is 3.11. The van der Waals surface area contributed by atoms with Crippen LogP contribution in [0.2, 0.25) is 0 Å². The predicted molar refractivity (Wildman–Crippen MR) is 78.4 cm³/mol. The first-order valence-electron chi connectivity index (χ1n) is 6.29. The summed E-state index contributed by atoms with van der Waals surface area (Å²) in [7, 11) is 1.68. The number of aryl methyl sites for hydroxylation is 1. The summed E-state index contributed by atoms with van der Waals surface area (Å²) in [5.74, 6) is 3.23. The van der Waals surface area contributed by atoms with Gasteiger partial charge in [-0.25, -0.2) is 4.98 Å². The summed E-state index contributed by atoms with van der Waals surface area (Å²) < 4.78 is 7.50. The summed E-state index contributed by atoms with van der Waals surface area (Å²) in [5, 5.41) is 0. The maximum absolute atomic E-state index is 5.23. The lowest BCUT2D eigenvalue weighted by Crippen LogP contribution is -2.05. The molecule has 0 unspecified atom stereocenters. The normalized spacial score (nSPS) is 11.4. The Kier molecular flexibility index (Phi) is 4.17. The minimum atomic E-state index is 0.662. The molecule has 0 atom stereocenters. The van der Waals surface area contributed by atoms with Gasteiger partial charge in [0.25, 0.3) is 0 Å². The summed E-state index contributed by atoms with van der Waals surface area (Å²) in [5.41, 5.74) is 2.16. The SMILES string of the molecule is COc1ccc2c(c1)nc(CS)n2CCC(C)C. The number of methoxy groups -OCH3 is 1. The van der Waals surface area contributed by atoms with E-state index in [0.717, 1.165) is 30.1 Å². The van der Waals surface area contributed by atoms with Crippen LogP contribution in [0.4, 0.5) is 0 Å². The molecule has 0 fully saturated rings. The molecular weight excluding hydrogens is 244 g/mol. The molecule has 2 rings (SSSR count). The number of imidazole rings is 1. The zero-order valence-electron chi connectivity index (χ0n) is 11.2. The number of nitrogens with zero attached hydrogens (tertiary/aromatic N) is 2. The molecule has 1 heterocycles. The van der Waals surface area contributed by atoms with E-state index in [-0.39, 0.29) is 0 Å². The van der Waals surface area contributed by atoms with Gasteiger partial charge in [-0.05, 0) is 24.5 Å². The van der Waals surface area contributed by atoms with Crippen LogP contribution in [0.5, 0.6) is 5.75 Å². The summed E-state index contributed by atoms with van der Waals surface area (Å²) in [4.78, 5) is 4.62. The van der Waals surface area contributed by atoms with Gasteiger partial charge >= 0.3 is 0 Å². The zero-order valence-corrected chi connectivity index (χ0v) is 12.1. The lowest BCUT2D eigenvalue weighted by molar-refractivity contribution is 0.415. The predicted octanol–water partition coefficient (Wildman–Crippen LogP) is 3.52. The molecule has 1 aromatic heterocycles. The van der Waals surface area contributed by atoms with Crippen LogP contribution in [0.3, 0.4) is 0 Å². The molecule has 0 aliphatic carbocycles. The van der Waals surface area contributed by atoms with E-state index in [2.05, 4.69) is 42.1 Å². The summed E-state index contributed by atoms with van der Waals surface area (Å²) in [6.07, 6.45) is 1.15. The van der Waals surface area contributed by atoms with Crippen molar-refractivity contribution in [2.45, 2.75) is 32.6 Å². The molecule has 0 aliphatic heterocycles. The number of hydrogen-bond donors (Lipinski definition) is 1. The third-order valence-corrected chi connectivity index (χ3v) is 3.39. The number of aromatic nitrogens is 2. The van der Waals surface area contributed by atoms with Crippen LogP contribution in [0.25, 0.3) is 11.0 Å². The van der Waals surface area contributed by atoms with Crippen LogP contribution in [-0.4, -0.2) is 16.7 Å². The van der Waals surface area contributed by atoms with Gasteiger partial charge in [-0.3, -0.25) is 0 Å². The lowest BCUT2D eigenvalue weighted by Gasteiger charge is -2.10. The van der Waals surface area contributed by atoms with Crippen LogP contribution < -0.4 is 4.74 Å². The van der Waals surface area contributed by atoms with E-state index in [9.17, 15) is 0 Å². The molecule has 0 saturated heterocycles. The second kappa shape index (κ2) is 5.65. The number of benzene rings is 1. The number of rotatable bonds is 5. The Morgan fingerprint density at radius 1 is 1.39 bits per heavy atom. The molecule has 18 heavy (non-hydrogen) atoms. The average Bonchev–Trinajstić information content (AvgIpc) is 2.72. The molecule has 2 aromatic rings. The van der Waals surface area contributed by atoms with E-state index < -0.39 is 0 Å². The molecule has 1 aromatic carbocycles. The van der Waals surface area contributed by atoms with Crippen molar-refractivity contribution in [3.8, 4) is 5.75 Å². The zero-order chi connectivity index (χ0) is 13.1. The molecule has 98 valence electrons. The molecule has 0 aliphatic rings. The van der Waals surface area contributed by atoms with E-state index in [1.165, 1.54) is 5.52 Å². The maximum Gasteiger partial charge on any atom is 0.121 e. The topological polar surface area (TPSA) is 27.1 Å². The van der Waals surface area contributed by atoms with E-state index in [1.54, 1.807) is 7.11 Å². The summed E-state index contributed by atoms with van der Waals surface area (Å²) in [6.45, 7) is 5.47. The molecule has 0 N–H and O–H groups in total. The molecule has 0 amide bonds. The first-order valence-corrected chi connectivity index (χ1v) is 6.93. The third kappa shape index (κ3) is 2.64. The number of ether oxygens (including phenoxy) is 1. The lowest BCUT2D eigenvalue weighted by atomic mass is 10.1. The molecular formula is C14H20N2OS. The highest BCUT2D eigenvalue weighted by atomic mass is 32.1. The fourth-order valence-electron chi connectivity index (χ4n) is 2.04. The number of thiol groups is 1.